The molecule has 0 unspecified atom stereocenters. The maximum atomic E-state index is 13.8. The van der Waals surface area contributed by atoms with Crippen molar-refractivity contribution < 1.29 is 4.39 Å². The molecule has 3 aliphatic rings. The lowest BCUT2D eigenvalue weighted by Crippen LogP contribution is -2.18. The lowest BCUT2D eigenvalue weighted by atomic mass is 9.96. The number of aromatic nitrogens is 3. The van der Waals surface area contributed by atoms with E-state index in [-0.39, 0.29) is 5.82 Å². The molecule has 0 saturated carbocycles. The van der Waals surface area contributed by atoms with Gasteiger partial charge < -0.3 is 10.3 Å². The molecular formula is C32H31FN6. The van der Waals surface area contributed by atoms with Gasteiger partial charge in [0.1, 0.15) is 5.82 Å². The molecule has 0 radical (unpaired) electrons. The molecule has 2 aliphatic heterocycles. The Hall–Kier alpha value is -4.65. The fourth-order valence-corrected chi connectivity index (χ4v) is 4.79. The number of pyridine rings is 1. The van der Waals surface area contributed by atoms with E-state index in [1.54, 1.807) is 19.2 Å². The number of hydrogen-bond donors (Lipinski definition) is 2. The number of hydrogen-bond acceptors (Lipinski definition) is 5. The largest absolute Gasteiger partial charge is 0.349 e. The summed E-state index contributed by atoms with van der Waals surface area (Å²) in [5.74, 6) is -0.336. The van der Waals surface area contributed by atoms with E-state index in [1.165, 1.54) is 6.07 Å². The van der Waals surface area contributed by atoms with Crippen molar-refractivity contribution in [3.05, 3.63) is 125 Å². The van der Waals surface area contributed by atoms with Crippen molar-refractivity contribution >= 4 is 17.5 Å². The highest BCUT2D eigenvalue weighted by atomic mass is 19.1. The summed E-state index contributed by atoms with van der Waals surface area (Å²) >= 11 is 0. The van der Waals surface area contributed by atoms with Gasteiger partial charge in [-0.15, -0.1) is 0 Å². The molecule has 0 amide bonds. The summed E-state index contributed by atoms with van der Waals surface area (Å²) in [6, 6.07) is 3.07. The third kappa shape index (κ3) is 5.62. The number of rotatable bonds is 4. The second-order valence-electron chi connectivity index (χ2n) is 9.57. The first kappa shape index (κ1) is 26.0. The second-order valence-corrected chi connectivity index (χ2v) is 9.57. The molecule has 2 N–H and O–H groups in total. The first-order valence-electron chi connectivity index (χ1n) is 13.0. The zero-order chi connectivity index (χ0) is 27.4. The fourth-order valence-electron chi connectivity index (χ4n) is 4.79. The lowest BCUT2D eigenvalue weighted by Gasteiger charge is -2.22. The molecule has 0 atom stereocenters. The van der Waals surface area contributed by atoms with Gasteiger partial charge in [0.15, 0.2) is 0 Å². The van der Waals surface area contributed by atoms with Crippen molar-refractivity contribution in [3.63, 3.8) is 0 Å². The number of halogens is 1. The molecule has 2 aromatic heterocycles. The molecule has 1 saturated heterocycles. The van der Waals surface area contributed by atoms with Crippen molar-refractivity contribution in [1.29, 1.82) is 5.41 Å². The molecule has 0 spiro atoms. The van der Waals surface area contributed by atoms with Gasteiger partial charge in [0, 0.05) is 42.4 Å². The second kappa shape index (κ2) is 11.4. The average molecular weight is 519 g/mol. The average Bonchev–Trinajstić information content (AvgIpc) is 3.22. The Morgan fingerprint density at radius 1 is 1.15 bits per heavy atom. The summed E-state index contributed by atoms with van der Waals surface area (Å²) in [6.07, 6.45) is 24.2. The van der Waals surface area contributed by atoms with Gasteiger partial charge in [0.05, 0.1) is 29.0 Å². The monoisotopic (exact) mass is 518 g/mol. The highest BCUT2D eigenvalue weighted by molar-refractivity contribution is 5.84. The summed E-state index contributed by atoms with van der Waals surface area (Å²) < 4.78 is 13.8. The van der Waals surface area contributed by atoms with E-state index in [1.807, 2.05) is 49.6 Å². The quantitative estimate of drug-likeness (QED) is 0.450. The van der Waals surface area contributed by atoms with Crippen LogP contribution in [-0.4, -0.2) is 38.6 Å². The number of fused-ring (bicyclic) bond motifs is 1. The van der Waals surface area contributed by atoms with Gasteiger partial charge in [-0.2, -0.15) is 5.10 Å². The lowest BCUT2D eigenvalue weighted by molar-refractivity contribution is 0.468. The van der Waals surface area contributed by atoms with Crippen LogP contribution in [0.1, 0.15) is 37.4 Å². The highest BCUT2D eigenvalue weighted by Crippen LogP contribution is 2.32. The van der Waals surface area contributed by atoms with E-state index in [0.29, 0.717) is 11.4 Å². The van der Waals surface area contributed by atoms with Crippen LogP contribution in [0.3, 0.4) is 0 Å². The van der Waals surface area contributed by atoms with E-state index in [2.05, 4.69) is 45.0 Å². The van der Waals surface area contributed by atoms with Gasteiger partial charge in [-0.3, -0.25) is 10.1 Å². The zero-order valence-electron chi connectivity index (χ0n) is 22.2. The Bertz CT molecular complexity index is 1570. The van der Waals surface area contributed by atoms with Gasteiger partial charge in [0.2, 0.25) is 0 Å². The van der Waals surface area contributed by atoms with Crippen molar-refractivity contribution in [2.45, 2.75) is 33.1 Å². The third-order valence-electron chi connectivity index (χ3n) is 7.00. The van der Waals surface area contributed by atoms with Crippen molar-refractivity contribution in [2.24, 2.45) is 4.99 Å². The van der Waals surface area contributed by atoms with E-state index >= 15 is 0 Å². The van der Waals surface area contributed by atoms with Crippen LogP contribution in [0.2, 0.25) is 0 Å². The number of aromatic amines is 1. The zero-order valence-corrected chi connectivity index (χ0v) is 22.2. The van der Waals surface area contributed by atoms with E-state index in [0.717, 1.165) is 76.5 Å². The first-order valence-corrected chi connectivity index (χ1v) is 13.0. The summed E-state index contributed by atoms with van der Waals surface area (Å²) in [5.41, 5.74) is 9.21. The minimum Gasteiger partial charge on any atom is -0.349 e. The van der Waals surface area contributed by atoms with Crippen LogP contribution in [-0.2, 0) is 0 Å². The molecule has 1 aliphatic carbocycles. The first-order chi connectivity index (χ1) is 18.9. The Labute approximate surface area is 228 Å². The Balaban J connectivity index is 1.47. The fraction of sp³-hybridized carbons (Fsp3) is 0.188. The number of H-pyrrole nitrogens is 1. The molecule has 2 aromatic rings. The Morgan fingerprint density at radius 3 is 2.85 bits per heavy atom. The molecule has 0 bridgehead atoms. The minimum absolute atomic E-state index is 0.336. The SMILES string of the molecule is C=C1\C=C/C(c2cn[nH]c2-c2ccc(F)c(C)n2)=C/C=C/C1=C/C(=C\C)C1=C2CCC(=N)CCN2C=CC=N1. The molecule has 7 heteroatoms. The number of nitrogens with zero attached hydrogens (tertiary/aromatic N) is 4. The van der Waals surface area contributed by atoms with Crippen LogP contribution in [0.5, 0.6) is 0 Å². The molecule has 39 heavy (non-hydrogen) atoms. The number of allylic oxidation sites excluding steroid dienone is 12. The number of nitrogens with one attached hydrogen (secondary N) is 2. The predicted octanol–water partition coefficient (Wildman–Crippen LogP) is 7.17. The molecule has 196 valence electrons. The normalized spacial score (nSPS) is 22.1. The van der Waals surface area contributed by atoms with Gasteiger partial charge >= 0.3 is 0 Å². The van der Waals surface area contributed by atoms with Gasteiger partial charge in [-0.25, -0.2) is 9.37 Å². The maximum absolute atomic E-state index is 13.8. The van der Waals surface area contributed by atoms with E-state index in [4.69, 9.17) is 10.4 Å². The van der Waals surface area contributed by atoms with Gasteiger partial charge in [-0.1, -0.05) is 43.0 Å². The van der Waals surface area contributed by atoms with Crippen molar-refractivity contribution in [1.82, 2.24) is 20.1 Å². The van der Waals surface area contributed by atoms with Crippen LogP contribution in [0.25, 0.3) is 17.0 Å². The minimum atomic E-state index is -0.336. The standard InChI is InChI=1S/C32H31FN6/c1-4-23(31-30-14-11-26(34)15-18-39(30)17-6-16-35-31)19-25-8-5-7-24(10-9-21(25)2)27-20-36-38-32(27)29-13-12-28(33)22(3)37-29/h4-10,12-13,16-17,19-20,34H,2,11,14-15,18H2,1,3H3,(H,36,38)/b8-5+,10-9-,23-4+,24-7-,25-19-,34-26?. The summed E-state index contributed by atoms with van der Waals surface area (Å²) in [4.78, 5) is 11.4. The summed E-state index contributed by atoms with van der Waals surface area (Å²) in [7, 11) is 0. The summed E-state index contributed by atoms with van der Waals surface area (Å²) in [6.45, 7) is 8.79. The predicted molar refractivity (Wildman–Crippen MR) is 157 cm³/mol. The highest BCUT2D eigenvalue weighted by Gasteiger charge is 2.21. The van der Waals surface area contributed by atoms with E-state index in [9.17, 15) is 4.39 Å². The molecule has 0 aromatic carbocycles. The van der Waals surface area contributed by atoms with Crippen molar-refractivity contribution in [2.75, 3.05) is 6.54 Å². The third-order valence-corrected chi connectivity index (χ3v) is 7.00. The van der Waals surface area contributed by atoms with Crippen LogP contribution >= 0.6 is 0 Å². The smallest absolute Gasteiger partial charge is 0.144 e. The summed E-state index contributed by atoms with van der Waals surface area (Å²) in [5, 5.41) is 15.4. The topological polar surface area (TPSA) is 81.0 Å². The van der Waals surface area contributed by atoms with Crippen molar-refractivity contribution in [3.8, 4) is 11.4 Å². The molecule has 4 heterocycles. The molecule has 6 nitrogen and oxygen atoms in total. The van der Waals surface area contributed by atoms with Gasteiger partial charge in [-0.05, 0) is 73.3 Å². The Morgan fingerprint density at radius 2 is 2.03 bits per heavy atom. The molecular weight excluding hydrogens is 487 g/mol. The van der Waals surface area contributed by atoms with Crippen LogP contribution < -0.4 is 0 Å². The maximum Gasteiger partial charge on any atom is 0.144 e. The van der Waals surface area contributed by atoms with Crippen LogP contribution in [0, 0.1) is 18.2 Å². The number of aliphatic imine (C=N–C) groups is 1. The number of aryl methyl sites for hydroxylation is 1. The van der Waals surface area contributed by atoms with Crippen LogP contribution in [0.15, 0.2) is 113 Å². The molecule has 1 fully saturated rings. The Kier molecular flexibility index (Phi) is 7.59. The van der Waals surface area contributed by atoms with E-state index < -0.39 is 0 Å². The van der Waals surface area contributed by atoms with Gasteiger partial charge in [0.25, 0.3) is 0 Å². The molecule has 5 rings (SSSR count). The van der Waals surface area contributed by atoms with Crippen LogP contribution in [0.4, 0.5) is 4.39 Å².